The van der Waals surface area contributed by atoms with Gasteiger partial charge in [-0.05, 0) is 55.7 Å². The lowest BCUT2D eigenvalue weighted by atomic mass is 9.87. The van der Waals surface area contributed by atoms with Crippen molar-refractivity contribution in [2.75, 3.05) is 33.8 Å². The first-order valence-corrected chi connectivity index (χ1v) is 18.8. The number of hydrogen-bond donors (Lipinski definition) is 3. The van der Waals surface area contributed by atoms with Gasteiger partial charge >= 0.3 is 0 Å². The van der Waals surface area contributed by atoms with Crippen LogP contribution in [0.2, 0.25) is 0 Å². The molecule has 296 valence electrons. The fraction of sp³-hybridized carbons (Fsp3) is 0.341. The van der Waals surface area contributed by atoms with Crippen LogP contribution < -0.4 is 39.3 Å². The van der Waals surface area contributed by atoms with Crippen molar-refractivity contribution in [1.82, 2.24) is 4.98 Å². The van der Waals surface area contributed by atoms with Gasteiger partial charge < -0.3 is 43.8 Å². The number of para-hydroxylation sites is 4. The number of amides is 1. The molecule has 0 spiro atoms. The van der Waals surface area contributed by atoms with Crippen LogP contribution in [0.25, 0.3) is 10.9 Å². The Morgan fingerprint density at radius 2 is 1.20 bits per heavy atom. The Labute approximate surface area is 326 Å². The van der Waals surface area contributed by atoms with Crippen molar-refractivity contribution >= 4 is 28.3 Å². The highest BCUT2D eigenvalue weighted by molar-refractivity contribution is 6.21. The van der Waals surface area contributed by atoms with Gasteiger partial charge in [0.15, 0.2) is 40.3 Å². The van der Waals surface area contributed by atoms with Gasteiger partial charge in [-0.3, -0.25) is 14.4 Å². The number of benzene rings is 4. The number of pyridine rings is 1. The van der Waals surface area contributed by atoms with Gasteiger partial charge in [0, 0.05) is 23.1 Å². The molecule has 0 radical (unpaired) electrons. The van der Waals surface area contributed by atoms with Gasteiger partial charge in [-0.25, -0.2) is 0 Å². The number of carbonyl (C=O) groups is 2. The number of ketones is 1. The summed E-state index contributed by atoms with van der Waals surface area (Å²) in [6.07, 6.45) is 6.79. The number of hydrogen-bond acceptors (Lipinski definition) is 10. The van der Waals surface area contributed by atoms with Gasteiger partial charge in [0.05, 0.1) is 45.2 Å². The van der Waals surface area contributed by atoms with Crippen molar-refractivity contribution in [3.63, 3.8) is 0 Å². The van der Waals surface area contributed by atoms with Crippen molar-refractivity contribution in [3.05, 3.63) is 94.3 Å². The summed E-state index contributed by atoms with van der Waals surface area (Å²) < 4.78 is 33.4. The highest BCUT2D eigenvalue weighted by Gasteiger charge is 2.36. The molecule has 12 nitrogen and oxygen atoms in total. The molecule has 1 atom stereocenters. The second-order valence-corrected chi connectivity index (χ2v) is 13.2. The molecule has 1 aliphatic rings. The van der Waals surface area contributed by atoms with Gasteiger partial charge in [-0.2, -0.15) is 0 Å². The molecule has 0 saturated heterocycles. The summed E-state index contributed by atoms with van der Waals surface area (Å²) in [6, 6.07) is 21.1. The lowest BCUT2D eigenvalue weighted by Crippen LogP contribution is -2.35. The lowest BCUT2D eigenvalue weighted by Gasteiger charge is -2.26. The average Bonchev–Trinajstić information content (AvgIpc) is 3.21. The molecular weight excluding hydrogens is 716 g/mol. The zero-order valence-electron chi connectivity index (χ0n) is 32.8. The quantitative estimate of drug-likeness (QED) is 0.0653. The minimum atomic E-state index is -0.676. The van der Waals surface area contributed by atoms with Crippen molar-refractivity contribution in [3.8, 4) is 51.7 Å². The summed E-state index contributed by atoms with van der Waals surface area (Å²) in [4.78, 5) is 41.1. The summed E-state index contributed by atoms with van der Waals surface area (Å²) in [5.41, 5.74) is 1.26. The third kappa shape index (κ3) is 9.37. The van der Waals surface area contributed by atoms with Crippen LogP contribution in [0.15, 0.2) is 77.6 Å². The highest BCUT2D eigenvalue weighted by Crippen LogP contribution is 2.43. The Bertz CT molecular complexity index is 2210. The van der Waals surface area contributed by atoms with Crippen LogP contribution in [0.1, 0.15) is 74.7 Å². The number of aromatic nitrogens is 1. The molecule has 0 aliphatic carbocycles. The second kappa shape index (κ2) is 19.4. The van der Waals surface area contributed by atoms with E-state index in [1.165, 1.54) is 7.11 Å². The maximum atomic E-state index is 13.0. The predicted molar refractivity (Wildman–Crippen MR) is 216 cm³/mol. The molecule has 6 rings (SSSR count). The molecule has 56 heavy (non-hydrogen) atoms. The number of fused-ring (bicyclic) bond motifs is 2. The van der Waals surface area contributed by atoms with Crippen LogP contribution in [0, 0.1) is 5.92 Å². The predicted octanol–water partition coefficient (Wildman–Crippen LogP) is 9.60. The van der Waals surface area contributed by atoms with E-state index < -0.39 is 5.92 Å². The largest absolute Gasteiger partial charge is 0.507 e. The monoisotopic (exact) mass is 766 g/mol. The number of H-pyrrole nitrogens is 1. The first-order chi connectivity index (χ1) is 27.2. The average molecular weight is 767 g/mol. The Kier molecular flexibility index (Phi) is 14.2. The first-order valence-electron chi connectivity index (χ1n) is 18.8. The zero-order valence-corrected chi connectivity index (χ0v) is 32.8. The van der Waals surface area contributed by atoms with E-state index in [1.54, 1.807) is 69.9 Å². The summed E-state index contributed by atoms with van der Waals surface area (Å²) in [7, 11) is 6.18. The SMILES string of the molecule is CCCCCC1C(=O)Nc2c(Oc3ccccc3OC)cc(OC)cc2C1=O.CCCCCc1c(O)c2cc(OC)cc(Oc3ccccc3OC)c2[nH]c1=O. The van der Waals surface area contributed by atoms with Gasteiger partial charge in [0.2, 0.25) is 5.91 Å². The summed E-state index contributed by atoms with van der Waals surface area (Å²) in [6.45, 7) is 4.18. The van der Waals surface area contributed by atoms with E-state index in [0.717, 1.165) is 38.5 Å². The Morgan fingerprint density at radius 1 is 0.643 bits per heavy atom. The van der Waals surface area contributed by atoms with Crippen molar-refractivity contribution < 1.29 is 43.1 Å². The standard InChI is InChI=1S/2C22H25NO5/c2*1-4-5-6-9-15-21(24)16-12-14(26-2)13-19(20(16)23-22(15)25)28-18-11-8-7-10-17(18)27-3/h7-8,10-13H,4-6,9H2,1-3H3,(H2,23,24,25);7-8,10-13,15H,4-6,9H2,1-3H3,(H,23,25). The van der Waals surface area contributed by atoms with Crippen LogP contribution in [0.4, 0.5) is 5.69 Å². The molecule has 2 heterocycles. The molecule has 1 amide bonds. The lowest BCUT2D eigenvalue weighted by molar-refractivity contribution is -0.119. The van der Waals surface area contributed by atoms with E-state index in [4.69, 9.17) is 28.4 Å². The van der Waals surface area contributed by atoms with E-state index in [9.17, 15) is 19.5 Å². The normalized spacial score (nSPS) is 13.2. The molecule has 0 bridgehead atoms. The smallest absolute Gasteiger partial charge is 0.255 e. The third-order valence-corrected chi connectivity index (χ3v) is 9.53. The molecule has 0 saturated carbocycles. The van der Waals surface area contributed by atoms with Crippen LogP contribution in [-0.2, 0) is 11.2 Å². The van der Waals surface area contributed by atoms with Gasteiger partial charge in [-0.1, -0.05) is 70.2 Å². The minimum absolute atomic E-state index is 0.0290. The molecule has 1 aromatic heterocycles. The molecule has 12 heteroatoms. The number of methoxy groups -OCH3 is 4. The van der Waals surface area contributed by atoms with E-state index in [-0.39, 0.29) is 23.0 Å². The second-order valence-electron chi connectivity index (χ2n) is 13.2. The molecule has 4 aromatic carbocycles. The number of aromatic hydroxyl groups is 1. The highest BCUT2D eigenvalue weighted by atomic mass is 16.5. The molecule has 3 N–H and O–H groups in total. The van der Waals surface area contributed by atoms with Crippen molar-refractivity contribution in [2.45, 2.75) is 65.2 Å². The molecule has 1 aliphatic heterocycles. The van der Waals surface area contributed by atoms with E-state index in [1.807, 2.05) is 24.3 Å². The van der Waals surface area contributed by atoms with Crippen molar-refractivity contribution in [2.24, 2.45) is 5.92 Å². The zero-order chi connectivity index (χ0) is 40.2. The van der Waals surface area contributed by atoms with Crippen LogP contribution in [0.3, 0.4) is 0 Å². The van der Waals surface area contributed by atoms with E-state index in [2.05, 4.69) is 24.1 Å². The molecule has 1 unspecified atom stereocenters. The molecule has 5 aromatic rings. The maximum absolute atomic E-state index is 13.0. The molecule has 0 fully saturated rings. The number of Topliss-reactive ketones (excluding diaryl/α,β-unsaturated/α-hetero) is 1. The van der Waals surface area contributed by atoms with Gasteiger partial charge in [0.1, 0.15) is 23.2 Å². The number of unbranched alkanes of at least 4 members (excludes halogenated alkanes) is 4. The number of aromatic amines is 1. The molecular formula is C44H50N2O10. The Balaban J connectivity index is 0.000000214. The minimum Gasteiger partial charge on any atom is -0.507 e. The maximum Gasteiger partial charge on any atom is 0.255 e. The number of nitrogens with one attached hydrogen (secondary N) is 2. The summed E-state index contributed by atoms with van der Waals surface area (Å²) >= 11 is 0. The number of ether oxygens (including phenoxy) is 6. The first kappa shape index (κ1) is 41.0. The fourth-order valence-electron chi connectivity index (χ4n) is 6.48. The topological polar surface area (TPSA) is 155 Å². The summed E-state index contributed by atoms with van der Waals surface area (Å²) in [5.74, 6) is 2.59. The Hall–Kier alpha value is -6.17. The van der Waals surface area contributed by atoms with E-state index in [0.29, 0.717) is 86.6 Å². The number of carbonyl (C=O) groups excluding carboxylic acids is 2. The Morgan fingerprint density at radius 3 is 1.79 bits per heavy atom. The third-order valence-electron chi connectivity index (χ3n) is 9.53. The van der Waals surface area contributed by atoms with Gasteiger partial charge in [-0.15, -0.1) is 0 Å². The summed E-state index contributed by atoms with van der Waals surface area (Å²) in [5, 5.41) is 14.1. The van der Waals surface area contributed by atoms with Crippen LogP contribution in [0.5, 0.6) is 51.7 Å². The number of anilines is 1. The fourth-order valence-corrected chi connectivity index (χ4v) is 6.48. The van der Waals surface area contributed by atoms with E-state index >= 15 is 0 Å². The van der Waals surface area contributed by atoms with Crippen LogP contribution in [-0.4, -0.2) is 50.2 Å². The number of rotatable bonds is 16. The van der Waals surface area contributed by atoms with Gasteiger partial charge in [0.25, 0.3) is 5.56 Å². The van der Waals surface area contributed by atoms with Crippen LogP contribution >= 0.6 is 0 Å². The van der Waals surface area contributed by atoms with Crippen molar-refractivity contribution in [1.29, 1.82) is 0 Å².